The van der Waals surface area contributed by atoms with Crippen LogP contribution in [0.5, 0.6) is 0 Å². The fourth-order valence-electron chi connectivity index (χ4n) is 2.03. The lowest BCUT2D eigenvalue weighted by atomic mass is 10.1. The molecule has 0 bridgehead atoms. The number of nitrogens with zero attached hydrogens (tertiary/aromatic N) is 2. The molecule has 6 heteroatoms. The van der Waals surface area contributed by atoms with Gasteiger partial charge in [-0.15, -0.1) is 0 Å². The van der Waals surface area contributed by atoms with Crippen LogP contribution in [-0.2, 0) is 4.79 Å². The molecule has 2 amide bonds. The maximum Gasteiger partial charge on any atom is 0.326 e. The van der Waals surface area contributed by atoms with Crippen LogP contribution in [0.4, 0.5) is 4.79 Å². The van der Waals surface area contributed by atoms with Crippen LogP contribution in [-0.4, -0.2) is 64.3 Å². The number of hydrogen-bond donors (Lipinski definition) is 2. The Balaban J connectivity index is 2.61. The summed E-state index contributed by atoms with van der Waals surface area (Å²) in [5.41, 5.74) is 0. The first kappa shape index (κ1) is 14.8. The number of hydrogen-bond acceptors (Lipinski definition) is 3. The Morgan fingerprint density at radius 3 is 2.56 bits per heavy atom. The van der Waals surface area contributed by atoms with Crippen LogP contribution in [0, 0.1) is 5.92 Å². The van der Waals surface area contributed by atoms with Crippen molar-refractivity contribution in [1.82, 2.24) is 9.80 Å². The lowest BCUT2D eigenvalue weighted by Crippen LogP contribution is -2.47. The summed E-state index contributed by atoms with van der Waals surface area (Å²) < 4.78 is 0. The van der Waals surface area contributed by atoms with Crippen molar-refractivity contribution in [2.75, 3.05) is 20.1 Å². The van der Waals surface area contributed by atoms with E-state index >= 15 is 0 Å². The first-order valence-electron chi connectivity index (χ1n) is 6.25. The average molecular weight is 258 g/mol. The van der Waals surface area contributed by atoms with Gasteiger partial charge in [-0.05, 0) is 12.3 Å². The van der Waals surface area contributed by atoms with Crippen molar-refractivity contribution < 1.29 is 19.8 Å². The lowest BCUT2D eigenvalue weighted by Gasteiger charge is -2.27. The van der Waals surface area contributed by atoms with E-state index in [9.17, 15) is 14.7 Å². The van der Waals surface area contributed by atoms with Crippen molar-refractivity contribution >= 4 is 12.0 Å². The molecule has 2 atom stereocenters. The van der Waals surface area contributed by atoms with Crippen molar-refractivity contribution in [3.05, 3.63) is 0 Å². The van der Waals surface area contributed by atoms with E-state index in [1.807, 2.05) is 0 Å². The second kappa shape index (κ2) is 6.04. The van der Waals surface area contributed by atoms with E-state index in [1.165, 1.54) is 9.80 Å². The molecule has 0 aliphatic carbocycles. The second-order valence-electron chi connectivity index (χ2n) is 5.28. The third-order valence-electron chi connectivity index (χ3n) is 3.18. The zero-order chi connectivity index (χ0) is 13.9. The number of aliphatic carboxylic acids is 1. The third-order valence-corrected chi connectivity index (χ3v) is 3.18. The quantitative estimate of drug-likeness (QED) is 0.774. The van der Waals surface area contributed by atoms with Gasteiger partial charge >= 0.3 is 12.0 Å². The number of β-amino-alcohol motifs (C(OH)–C–C–N with tert-alkyl or cyclic N) is 1. The molecule has 0 saturated carbocycles. The Morgan fingerprint density at radius 1 is 1.44 bits per heavy atom. The molecule has 0 spiro atoms. The number of likely N-dealkylation sites (tertiary alicyclic amines) is 1. The van der Waals surface area contributed by atoms with Crippen molar-refractivity contribution in [3.63, 3.8) is 0 Å². The maximum absolute atomic E-state index is 12.1. The first-order chi connectivity index (χ1) is 8.32. The number of rotatable bonds is 4. The molecule has 1 aliphatic rings. The topological polar surface area (TPSA) is 81.1 Å². The molecule has 6 nitrogen and oxygen atoms in total. The Kier molecular flexibility index (Phi) is 4.95. The summed E-state index contributed by atoms with van der Waals surface area (Å²) in [5, 5.41) is 18.5. The molecule has 2 N–H and O–H groups in total. The Labute approximate surface area is 107 Å². The van der Waals surface area contributed by atoms with E-state index in [0.717, 1.165) is 6.42 Å². The summed E-state index contributed by atoms with van der Waals surface area (Å²) in [5.74, 6) is -0.572. The molecule has 0 radical (unpaired) electrons. The number of aliphatic hydroxyl groups is 1. The van der Waals surface area contributed by atoms with E-state index in [1.54, 1.807) is 7.05 Å². The van der Waals surface area contributed by atoms with Gasteiger partial charge in [0.1, 0.15) is 6.04 Å². The van der Waals surface area contributed by atoms with Gasteiger partial charge < -0.3 is 20.0 Å². The van der Waals surface area contributed by atoms with E-state index in [4.69, 9.17) is 5.11 Å². The molecule has 0 aromatic rings. The largest absolute Gasteiger partial charge is 0.480 e. The van der Waals surface area contributed by atoms with Gasteiger partial charge in [-0.3, -0.25) is 0 Å². The average Bonchev–Trinajstić information content (AvgIpc) is 2.67. The molecular formula is C12H22N2O4. The Bertz CT molecular complexity index is 319. The highest BCUT2D eigenvalue weighted by molar-refractivity contribution is 5.83. The van der Waals surface area contributed by atoms with Crippen molar-refractivity contribution in [2.45, 2.75) is 38.8 Å². The summed E-state index contributed by atoms with van der Waals surface area (Å²) in [7, 11) is 1.66. The summed E-state index contributed by atoms with van der Waals surface area (Å²) in [6, 6.07) is -1.23. The van der Waals surface area contributed by atoms with Gasteiger partial charge in [-0.1, -0.05) is 13.8 Å². The van der Waals surface area contributed by atoms with E-state index in [0.29, 0.717) is 12.5 Å². The zero-order valence-electron chi connectivity index (χ0n) is 11.2. The van der Waals surface area contributed by atoms with E-state index < -0.39 is 18.1 Å². The highest BCUT2D eigenvalue weighted by Crippen LogP contribution is 2.19. The predicted octanol–water partition coefficient (Wildman–Crippen LogP) is 0.604. The number of carboxylic acids is 1. The molecule has 1 heterocycles. The minimum Gasteiger partial charge on any atom is -0.480 e. The fraction of sp³-hybridized carbons (Fsp3) is 0.833. The summed E-state index contributed by atoms with van der Waals surface area (Å²) in [6.45, 7) is 4.83. The zero-order valence-corrected chi connectivity index (χ0v) is 11.2. The van der Waals surface area contributed by atoms with Crippen LogP contribution >= 0.6 is 0 Å². The molecule has 0 aromatic heterocycles. The lowest BCUT2D eigenvalue weighted by molar-refractivity contribution is -0.141. The van der Waals surface area contributed by atoms with Crippen LogP contribution in [0.2, 0.25) is 0 Å². The molecule has 1 saturated heterocycles. The molecule has 104 valence electrons. The predicted molar refractivity (Wildman–Crippen MR) is 66.2 cm³/mol. The minimum atomic E-state index is -1.06. The van der Waals surface area contributed by atoms with Gasteiger partial charge in [0, 0.05) is 26.6 Å². The number of urea groups is 1. The SMILES string of the molecule is CC(C)CCN(C)C(=O)N1C[C@@H](O)C[C@H]1C(=O)O. The van der Waals surface area contributed by atoms with Gasteiger partial charge in [0.05, 0.1) is 6.10 Å². The molecule has 1 fully saturated rings. The minimum absolute atomic E-state index is 0.0990. The first-order valence-corrected chi connectivity index (χ1v) is 6.25. The smallest absolute Gasteiger partial charge is 0.326 e. The number of carboxylic acid groups (broad SMARTS) is 1. The molecule has 1 aliphatic heterocycles. The number of carbonyl (C=O) groups excluding carboxylic acids is 1. The molecule has 0 unspecified atom stereocenters. The van der Waals surface area contributed by atoms with Crippen molar-refractivity contribution in [1.29, 1.82) is 0 Å². The summed E-state index contributed by atoms with van der Waals surface area (Å²) in [4.78, 5) is 25.9. The van der Waals surface area contributed by atoms with Crippen LogP contribution < -0.4 is 0 Å². The van der Waals surface area contributed by atoms with Crippen LogP contribution in [0.15, 0.2) is 0 Å². The van der Waals surface area contributed by atoms with Crippen LogP contribution in [0.1, 0.15) is 26.7 Å². The number of amides is 2. The fourth-order valence-corrected chi connectivity index (χ4v) is 2.03. The second-order valence-corrected chi connectivity index (χ2v) is 5.28. The van der Waals surface area contributed by atoms with Gasteiger partial charge in [0.25, 0.3) is 0 Å². The summed E-state index contributed by atoms with van der Waals surface area (Å²) in [6.07, 6.45) is 0.240. The summed E-state index contributed by atoms with van der Waals surface area (Å²) >= 11 is 0. The molecular weight excluding hydrogens is 236 g/mol. The van der Waals surface area contributed by atoms with Gasteiger partial charge in [-0.2, -0.15) is 0 Å². The van der Waals surface area contributed by atoms with Crippen LogP contribution in [0.3, 0.4) is 0 Å². The molecule has 0 aromatic carbocycles. The maximum atomic E-state index is 12.1. The van der Waals surface area contributed by atoms with E-state index in [2.05, 4.69) is 13.8 Å². The highest BCUT2D eigenvalue weighted by Gasteiger charge is 2.39. The number of carbonyl (C=O) groups is 2. The Morgan fingerprint density at radius 2 is 2.06 bits per heavy atom. The van der Waals surface area contributed by atoms with Gasteiger partial charge in [-0.25, -0.2) is 9.59 Å². The van der Waals surface area contributed by atoms with Gasteiger partial charge in [0.15, 0.2) is 0 Å². The normalized spacial score (nSPS) is 23.5. The van der Waals surface area contributed by atoms with Gasteiger partial charge in [0.2, 0.25) is 0 Å². The molecule has 18 heavy (non-hydrogen) atoms. The van der Waals surface area contributed by atoms with Crippen LogP contribution in [0.25, 0.3) is 0 Å². The molecule has 1 rings (SSSR count). The monoisotopic (exact) mass is 258 g/mol. The standard InChI is InChI=1S/C12H22N2O4/c1-8(2)4-5-13(3)12(18)14-7-9(15)6-10(14)11(16)17/h8-10,15H,4-7H2,1-3H3,(H,16,17)/t9-,10-/m0/s1. The number of aliphatic hydroxyl groups excluding tert-OH is 1. The van der Waals surface area contributed by atoms with Crippen molar-refractivity contribution in [2.24, 2.45) is 5.92 Å². The highest BCUT2D eigenvalue weighted by atomic mass is 16.4. The Hall–Kier alpha value is -1.30. The van der Waals surface area contributed by atoms with E-state index in [-0.39, 0.29) is 19.0 Å². The third kappa shape index (κ3) is 3.60. The van der Waals surface area contributed by atoms with Crippen molar-refractivity contribution in [3.8, 4) is 0 Å².